The third-order valence-corrected chi connectivity index (χ3v) is 2.45. The first-order valence-electron chi connectivity index (χ1n) is 5.45. The predicted octanol–water partition coefficient (Wildman–Crippen LogP) is 2.28. The molecule has 0 unspecified atom stereocenters. The first-order chi connectivity index (χ1) is 8.31. The van der Waals surface area contributed by atoms with E-state index < -0.39 is 0 Å². The number of halogens is 1. The summed E-state index contributed by atoms with van der Waals surface area (Å²) in [7, 11) is 0. The lowest BCUT2D eigenvalue weighted by Gasteiger charge is -1.96. The average Bonchev–Trinajstić information content (AvgIpc) is 2.79. The quantitative estimate of drug-likeness (QED) is 0.827. The summed E-state index contributed by atoms with van der Waals surface area (Å²) in [5.41, 5.74) is 0.541. The Bertz CT molecular complexity index is 486. The van der Waals surface area contributed by atoms with Crippen LogP contribution in [0.2, 0.25) is 5.02 Å². The highest BCUT2D eigenvalue weighted by Crippen LogP contribution is 2.22. The zero-order valence-electron chi connectivity index (χ0n) is 9.48. The van der Waals surface area contributed by atoms with Crippen LogP contribution in [-0.2, 0) is 6.54 Å². The molecule has 0 radical (unpaired) electrons. The molecule has 0 aliphatic heterocycles. The normalized spacial score (nSPS) is 10.7. The van der Waals surface area contributed by atoms with Crippen LogP contribution < -0.4 is 5.32 Å². The number of pyridine rings is 1. The van der Waals surface area contributed by atoms with Gasteiger partial charge in [-0.25, -0.2) is 0 Å². The van der Waals surface area contributed by atoms with Gasteiger partial charge >= 0.3 is 0 Å². The van der Waals surface area contributed by atoms with Crippen LogP contribution in [0.3, 0.4) is 0 Å². The van der Waals surface area contributed by atoms with E-state index in [1.807, 2.05) is 0 Å². The van der Waals surface area contributed by atoms with Gasteiger partial charge in [0.15, 0.2) is 0 Å². The van der Waals surface area contributed by atoms with E-state index in [0.717, 1.165) is 13.0 Å². The Kier molecular flexibility index (Phi) is 4.06. The Balaban J connectivity index is 2.10. The van der Waals surface area contributed by atoms with E-state index in [0.29, 0.717) is 29.0 Å². The summed E-state index contributed by atoms with van der Waals surface area (Å²) < 4.78 is 5.10. The third kappa shape index (κ3) is 3.01. The second kappa shape index (κ2) is 5.75. The molecule has 5 nitrogen and oxygen atoms in total. The summed E-state index contributed by atoms with van der Waals surface area (Å²) in [4.78, 5) is 8.35. The van der Waals surface area contributed by atoms with Crippen LogP contribution >= 0.6 is 11.6 Å². The van der Waals surface area contributed by atoms with E-state index in [-0.39, 0.29) is 0 Å². The summed E-state index contributed by atoms with van der Waals surface area (Å²) in [6.45, 7) is 3.58. The first-order valence-corrected chi connectivity index (χ1v) is 5.83. The zero-order valence-corrected chi connectivity index (χ0v) is 10.2. The molecule has 6 heteroatoms. The molecule has 2 aromatic heterocycles. The Hall–Kier alpha value is -1.46. The number of rotatable bonds is 5. The maximum absolute atomic E-state index is 6.00. The van der Waals surface area contributed by atoms with Gasteiger partial charge in [0.05, 0.1) is 11.6 Å². The predicted molar refractivity (Wildman–Crippen MR) is 64.5 cm³/mol. The van der Waals surface area contributed by atoms with Crippen molar-refractivity contribution in [2.45, 2.75) is 19.9 Å². The highest BCUT2D eigenvalue weighted by Gasteiger charge is 2.12. The zero-order chi connectivity index (χ0) is 12.1. The molecule has 2 rings (SSSR count). The molecule has 2 aromatic rings. The Morgan fingerprint density at radius 3 is 3.12 bits per heavy atom. The van der Waals surface area contributed by atoms with Crippen LogP contribution in [0.5, 0.6) is 0 Å². The fourth-order valence-corrected chi connectivity index (χ4v) is 1.55. The monoisotopic (exact) mass is 252 g/mol. The molecule has 2 heterocycles. The Morgan fingerprint density at radius 2 is 2.35 bits per heavy atom. The lowest BCUT2D eigenvalue weighted by atomic mass is 10.3. The van der Waals surface area contributed by atoms with Gasteiger partial charge in [0.25, 0.3) is 0 Å². The van der Waals surface area contributed by atoms with Crippen molar-refractivity contribution in [3.8, 4) is 11.5 Å². The summed E-state index contributed by atoms with van der Waals surface area (Å²) in [5, 5.41) is 7.55. The minimum Gasteiger partial charge on any atom is -0.337 e. The highest BCUT2D eigenvalue weighted by atomic mass is 35.5. The van der Waals surface area contributed by atoms with Crippen LogP contribution in [0.25, 0.3) is 11.5 Å². The van der Waals surface area contributed by atoms with Gasteiger partial charge in [0.2, 0.25) is 11.7 Å². The second-order valence-corrected chi connectivity index (χ2v) is 3.93. The summed E-state index contributed by atoms with van der Waals surface area (Å²) in [5.74, 6) is 0.957. The third-order valence-electron chi connectivity index (χ3n) is 2.14. The largest absolute Gasteiger partial charge is 0.337 e. The van der Waals surface area contributed by atoms with Crippen LogP contribution in [0, 0.1) is 0 Å². The fraction of sp³-hybridized carbons (Fsp3) is 0.364. The number of hydrogen-bond acceptors (Lipinski definition) is 5. The smallest absolute Gasteiger partial charge is 0.240 e. The number of hydrogen-bond donors (Lipinski definition) is 1. The molecule has 0 amide bonds. The fourth-order valence-electron chi connectivity index (χ4n) is 1.35. The molecule has 0 bridgehead atoms. The topological polar surface area (TPSA) is 63.8 Å². The van der Waals surface area contributed by atoms with Crippen LogP contribution in [-0.4, -0.2) is 21.7 Å². The first kappa shape index (κ1) is 12.0. The lowest BCUT2D eigenvalue weighted by Crippen LogP contribution is -2.13. The van der Waals surface area contributed by atoms with Crippen molar-refractivity contribution in [3.05, 3.63) is 29.2 Å². The summed E-state index contributed by atoms with van der Waals surface area (Å²) in [6, 6.07) is 3.50. The van der Waals surface area contributed by atoms with Crippen LogP contribution in [0.1, 0.15) is 19.2 Å². The van der Waals surface area contributed by atoms with E-state index in [1.165, 1.54) is 0 Å². The van der Waals surface area contributed by atoms with Gasteiger partial charge in [-0.1, -0.05) is 23.7 Å². The molecular formula is C11H13ClN4O. The number of nitrogens with zero attached hydrogens (tertiary/aromatic N) is 3. The van der Waals surface area contributed by atoms with Crippen molar-refractivity contribution in [1.82, 2.24) is 20.4 Å². The SMILES string of the molecule is CCCNCc1nc(-c2ncccc2Cl)no1. The summed E-state index contributed by atoms with van der Waals surface area (Å²) in [6.07, 6.45) is 2.71. The lowest BCUT2D eigenvalue weighted by molar-refractivity contribution is 0.368. The van der Waals surface area contributed by atoms with Gasteiger partial charge in [-0.2, -0.15) is 4.98 Å². The summed E-state index contributed by atoms with van der Waals surface area (Å²) >= 11 is 6.00. The van der Waals surface area contributed by atoms with E-state index in [2.05, 4.69) is 27.4 Å². The molecular weight excluding hydrogens is 240 g/mol. The van der Waals surface area contributed by atoms with E-state index >= 15 is 0 Å². The number of aromatic nitrogens is 3. The van der Waals surface area contributed by atoms with E-state index in [4.69, 9.17) is 16.1 Å². The number of nitrogens with one attached hydrogen (secondary N) is 1. The molecule has 0 aliphatic rings. The van der Waals surface area contributed by atoms with Crippen molar-refractivity contribution in [2.24, 2.45) is 0 Å². The van der Waals surface area contributed by atoms with E-state index in [1.54, 1.807) is 18.3 Å². The van der Waals surface area contributed by atoms with E-state index in [9.17, 15) is 0 Å². The Morgan fingerprint density at radius 1 is 1.47 bits per heavy atom. The second-order valence-electron chi connectivity index (χ2n) is 3.52. The molecule has 1 N–H and O–H groups in total. The van der Waals surface area contributed by atoms with Crippen molar-refractivity contribution < 1.29 is 4.52 Å². The highest BCUT2D eigenvalue weighted by molar-refractivity contribution is 6.32. The molecule has 0 saturated heterocycles. The van der Waals surface area contributed by atoms with Gasteiger partial charge in [-0.15, -0.1) is 0 Å². The minimum atomic E-state index is 0.420. The van der Waals surface area contributed by atoms with Crippen LogP contribution in [0.15, 0.2) is 22.9 Å². The molecule has 0 spiro atoms. The van der Waals surface area contributed by atoms with Gasteiger partial charge in [0, 0.05) is 6.20 Å². The van der Waals surface area contributed by atoms with Gasteiger partial charge in [-0.3, -0.25) is 4.98 Å². The molecule has 17 heavy (non-hydrogen) atoms. The van der Waals surface area contributed by atoms with Gasteiger partial charge in [-0.05, 0) is 25.1 Å². The molecule has 0 aromatic carbocycles. The molecule has 0 atom stereocenters. The van der Waals surface area contributed by atoms with Crippen molar-refractivity contribution in [2.75, 3.05) is 6.54 Å². The molecule has 0 fully saturated rings. The molecule has 0 aliphatic carbocycles. The molecule has 90 valence electrons. The van der Waals surface area contributed by atoms with Crippen molar-refractivity contribution in [1.29, 1.82) is 0 Å². The van der Waals surface area contributed by atoms with Crippen LogP contribution in [0.4, 0.5) is 0 Å². The Labute approximate surface area is 104 Å². The minimum absolute atomic E-state index is 0.420. The molecule has 0 saturated carbocycles. The van der Waals surface area contributed by atoms with Gasteiger partial charge in [0.1, 0.15) is 5.69 Å². The average molecular weight is 253 g/mol. The standard InChI is InChI=1S/C11H13ClN4O/c1-2-5-13-7-9-15-11(16-17-9)10-8(12)4-3-6-14-10/h3-4,6,13H,2,5,7H2,1H3. The van der Waals surface area contributed by atoms with Gasteiger partial charge < -0.3 is 9.84 Å². The van der Waals surface area contributed by atoms with Crippen molar-refractivity contribution >= 4 is 11.6 Å². The maximum atomic E-state index is 6.00. The van der Waals surface area contributed by atoms with Crippen molar-refractivity contribution in [3.63, 3.8) is 0 Å². The maximum Gasteiger partial charge on any atom is 0.240 e.